The second-order valence-corrected chi connectivity index (χ2v) is 18.8. The summed E-state index contributed by atoms with van der Waals surface area (Å²) in [4.78, 5) is 35.0. The van der Waals surface area contributed by atoms with Crippen molar-refractivity contribution in [2.45, 2.75) is 115 Å². The van der Waals surface area contributed by atoms with Crippen LogP contribution >= 0.6 is 0 Å². The van der Waals surface area contributed by atoms with Crippen LogP contribution < -0.4 is 5.73 Å². The number of nitrogens with zero attached hydrogens (tertiary/aromatic N) is 2. The quantitative estimate of drug-likeness (QED) is 0.230. The fourth-order valence-corrected chi connectivity index (χ4v) is 14.2. The van der Waals surface area contributed by atoms with Crippen LogP contribution in [0.1, 0.15) is 119 Å². The number of piperidine rings is 2. The molecule has 3 saturated heterocycles. The topological polar surface area (TPSA) is 105 Å². The monoisotopic (exact) mass is 721 g/mol. The summed E-state index contributed by atoms with van der Waals surface area (Å²) in [6.45, 7) is 9.39. The molecular formula is C45H59N3O5. The summed E-state index contributed by atoms with van der Waals surface area (Å²) in [6.07, 6.45) is 18.1. The molecule has 8 heteroatoms. The first kappa shape index (κ1) is 34.4. The summed E-state index contributed by atoms with van der Waals surface area (Å²) in [5.41, 5.74) is 8.17. The minimum Gasteiger partial charge on any atom is -0.509 e. The number of aryl methyl sites for hydroxylation is 1. The van der Waals surface area contributed by atoms with Gasteiger partial charge >= 0.3 is 11.9 Å². The Morgan fingerprint density at radius 3 is 2.60 bits per heavy atom. The zero-order valence-corrected chi connectivity index (χ0v) is 31.9. The summed E-state index contributed by atoms with van der Waals surface area (Å²) >= 11 is 0. The van der Waals surface area contributed by atoms with E-state index < -0.39 is 16.4 Å². The van der Waals surface area contributed by atoms with Crippen LogP contribution in [0, 0.1) is 46.3 Å². The molecule has 2 spiro atoms. The van der Waals surface area contributed by atoms with E-state index >= 15 is 4.79 Å². The Labute approximate surface area is 315 Å². The molecule has 1 aromatic carbocycles. The molecule has 5 fully saturated rings. The Bertz CT molecular complexity index is 1800. The van der Waals surface area contributed by atoms with Crippen molar-refractivity contribution in [1.29, 1.82) is 0 Å². The SMILES string of the molecule is CCCC1C23C=C4CCC2(C(=C(O)CC(C2CCCC2)N2CC5CC(CN(C5)C5=CCC(C)CC45)C2)OC3=O)C12OC(=O)c1c(CCCN)cccc12. The smallest absolute Gasteiger partial charge is 0.339 e. The van der Waals surface area contributed by atoms with Crippen LogP contribution in [-0.4, -0.2) is 65.6 Å². The minimum atomic E-state index is -1.09. The average molecular weight is 722 g/mol. The highest BCUT2D eigenvalue weighted by Crippen LogP contribution is 2.85. The number of carbonyl (C=O) groups is 2. The van der Waals surface area contributed by atoms with Crippen molar-refractivity contribution < 1.29 is 24.2 Å². The molecule has 8 nitrogen and oxygen atoms in total. The first-order valence-corrected chi connectivity index (χ1v) is 21.4. The molecule has 0 aromatic heterocycles. The molecule has 13 rings (SSSR count). The molecule has 12 aliphatic rings. The molecule has 284 valence electrons. The number of allylic oxidation sites excluding steroid dienone is 2. The van der Waals surface area contributed by atoms with E-state index in [4.69, 9.17) is 15.2 Å². The number of esters is 2. The van der Waals surface area contributed by atoms with Gasteiger partial charge in [-0.05, 0) is 100.0 Å². The summed E-state index contributed by atoms with van der Waals surface area (Å²) in [7, 11) is 0. The van der Waals surface area contributed by atoms with Gasteiger partial charge in [0.25, 0.3) is 0 Å². The average Bonchev–Trinajstić information content (AvgIpc) is 3.86. The maximum absolute atomic E-state index is 15.1. The number of aliphatic hydroxyl groups is 1. The maximum atomic E-state index is 15.1. The number of hydrogen-bond acceptors (Lipinski definition) is 8. The Morgan fingerprint density at radius 2 is 1.85 bits per heavy atom. The van der Waals surface area contributed by atoms with Crippen LogP contribution in [-0.2, 0) is 26.3 Å². The summed E-state index contributed by atoms with van der Waals surface area (Å²) in [5.74, 6) is 2.30. The van der Waals surface area contributed by atoms with Crippen LogP contribution in [0.25, 0.3) is 0 Å². The van der Waals surface area contributed by atoms with Gasteiger partial charge in [0.15, 0.2) is 11.4 Å². The van der Waals surface area contributed by atoms with Crippen molar-refractivity contribution in [3.63, 3.8) is 0 Å². The molecule has 0 radical (unpaired) electrons. The number of fused-ring (bicyclic) bond motifs is 2. The fraction of sp³-hybridized carbons (Fsp3) is 0.689. The van der Waals surface area contributed by atoms with Gasteiger partial charge in [-0.1, -0.05) is 69.0 Å². The van der Waals surface area contributed by atoms with E-state index in [2.05, 4.69) is 47.9 Å². The molecule has 4 aliphatic carbocycles. The molecule has 8 bridgehead atoms. The van der Waals surface area contributed by atoms with E-state index in [1.807, 2.05) is 6.07 Å². The van der Waals surface area contributed by atoms with Crippen molar-refractivity contribution in [3.05, 3.63) is 69.8 Å². The Balaban J connectivity index is 1.21. The standard InChI is InChI=1S/C45H59N3O5/c1-3-8-38-43-22-32-16-17-44(43,45(38)34-13-6-11-31(12-7-18-46)39(34)41(50)53-45)40(52-42(43)51)37(49)21-36(30-9-4-5-10-30)48-25-28-20-29(26-48)24-47(23-28)35-15-14-27(2)19-33(32)35/h6,11,13,15,22,27-30,33,36,38,49H,3-5,7-10,12,14,16-21,23-26,46H2,1-2H3. The lowest BCUT2D eigenvalue weighted by molar-refractivity contribution is -0.272. The number of rotatable bonds is 6. The number of nitrogens with two attached hydrogens (primary N) is 1. The molecule has 3 N–H and O–H groups in total. The van der Waals surface area contributed by atoms with Gasteiger partial charge in [0.1, 0.15) is 11.2 Å². The molecule has 8 aliphatic heterocycles. The van der Waals surface area contributed by atoms with Crippen molar-refractivity contribution in [3.8, 4) is 0 Å². The first-order valence-electron chi connectivity index (χ1n) is 21.4. The van der Waals surface area contributed by atoms with E-state index in [-0.39, 0.29) is 35.6 Å². The fourth-order valence-electron chi connectivity index (χ4n) is 14.2. The Kier molecular flexibility index (Phi) is 8.08. The van der Waals surface area contributed by atoms with Gasteiger partial charge in [0.2, 0.25) is 0 Å². The van der Waals surface area contributed by atoms with E-state index in [1.165, 1.54) is 43.4 Å². The lowest BCUT2D eigenvalue weighted by atomic mass is 9.31. The molecule has 9 atom stereocenters. The van der Waals surface area contributed by atoms with E-state index in [0.29, 0.717) is 67.2 Å². The van der Waals surface area contributed by atoms with Gasteiger partial charge in [-0.2, -0.15) is 0 Å². The van der Waals surface area contributed by atoms with Gasteiger partial charge in [0.05, 0.1) is 11.0 Å². The van der Waals surface area contributed by atoms with Crippen LogP contribution in [0.4, 0.5) is 0 Å². The highest BCUT2D eigenvalue weighted by atomic mass is 16.6. The Hall–Kier alpha value is -3.10. The number of benzene rings is 1. The lowest BCUT2D eigenvalue weighted by Crippen LogP contribution is -2.75. The predicted molar refractivity (Wildman–Crippen MR) is 202 cm³/mol. The molecule has 53 heavy (non-hydrogen) atoms. The van der Waals surface area contributed by atoms with Gasteiger partial charge < -0.3 is 25.2 Å². The molecule has 0 amide bonds. The zero-order valence-electron chi connectivity index (χ0n) is 31.9. The van der Waals surface area contributed by atoms with Crippen molar-refractivity contribution in [1.82, 2.24) is 9.80 Å². The summed E-state index contributed by atoms with van der Waals surface area (Å²) in [5, 5.41) is 12.8. The summed E-state index contributed by atoms with van der Waals surface area (Å²) < 4.78 is 13.6. The minimum absolute atomic E-state index is 0.193. The third-order valence-corrected chi connectivity index (χ3v) is 16.0. The second-order valence-electron chi connectivity index (χ2n) is 18.8. The number of ether oxygens (including phenoxy) is 2. The van der Waals surface area contributed by atoms with Crippen LogP contribution in [0.3, 0.4) is 0 Å². The van der Waals surface area contributed by atoms with Crippen LogP contribution in [0.2, 0.25) is 0 Å². The largest absolute Gasteiger partial charge is 0.509 e. The maximum Gasteiger partial charge on any atom is 0.339 e. The molecule has 2 saturated carbocycles. The molecule has 9 unspecified atom stereocenters. The van der Waals surface area contributed by atoms with Gasteiger partial charge in [-0.25, -0.2) is 4.79 Å². The van der Waals surface area contributed by atoms with Gasteiger partial charge in [-0.15, -0.1) is 0 Å². The highest BCUT2D eigenvalue weighted by molar-refractivity contribution is 5.99. The predicted octanol–water partition coefficient (Wildman–Crippen LogP) is 7.54. The lowest BCUT2D eigenvalue weighted by Gasteiger charge is -2.69. The van der Waals surface area contributed by atoms with E-state index in [0.717, 1.165) is 69.4 Å². The van der Waals surface area contributed by atoms with Crippen molar-refractivity contribution >= 4 is 11.9 Å². The number of aliphatic hydroxyl groups excluding tert-OH is 1. The molecular weight excluding hydrogens is 663 g/mol. The number of carbonyl (C=O) groups excluding carboxylic acids is 2. The van der Waals surface area contributed by atoms with Crippen LogP contribution in [0.15, 0.2) is 53.1 Å². The number of hydrogen-bond donors (Lipinski definition) is 2. The Morgan fingerprint density at radius 1 is 1.06 bits per heavy atom. The third kappa shape index (κ3) is 4.54. The van der Waals surface area contributed by atoms with Gasteiger partial charge in [0, 0.05) is 61.7 Å². The van der Waals surface area contributed by atoms with E-state index in [9.17, 15) is 9.90 Å². The van der Waals surface area contributed by atoms with Crippen LogP contribution in [0.5, 0.6) is 0 Å². The molecule has 1 aromatic rings. The van der Waals surface area contributed by atoms with Gasteiger partial charge in [-0.3, -0.25) is 9.69 Å². The molecule has 8 heterocycles. The summed E-state index contributed by atoms with van der Waals surface area (Å²) in [6, 6.07) is 6.36. The third-order valence-electron chi connectivity index (χ3n) is 16.0. The zero-order chi connectivity index (χ0) is 36.3. The van der Waals surface area contributed by atoms with E-state index in [1.54, 1.807) is 0 Å². The highest BCUT2D eigenvalue weighted by Gasteiger charge is 2.91. The second kappa shape index (κ2) is 12.5. The van der Waals surface area contributed by atoms with Crippen molar-refractivity contribution in [2.75, 3.05) is 32.7 Å². The normalized spacial score (nSPS) is 41.3. The first-order chi connectivity index (χ1) is 25.8. The van der Waals surface area contributed by atoms with Crippen molar-refractivity contribution in [2.24, 2.45) is 52.1 Å².